The number of hydrogen-bond donors (Lipinski definition) is 0. The second-order valence-electron chi connectivity index (χ2n) is 23.5. The first-order valence-corrected chi connectivity index (χ1v) is 26.0. The zero-order valence-corrected chi connectivity index (χ0v) is 39.5. The normalized spacial score (nSPS) is 26.3. The predicted molar refractivity (Wildman–Crippen MR) is 270 cm³/mol. The second-order valence-corrected chi connectivity index (χ2v) is 24.6. The van der Waals surface area contributed by atoms with E-state index in [4.69, 9.17) is 0 Å². The molecule has 2 nitrogen and oxygen atoms in total. The average Bonchev–Trinajstić information content (AvgIpc) is 4.05. The number of anilines is 5. The molecule has 63 heavy (non-hydrogen) atoms. The molecule has 3 saturated carbocycles. The molecule has 8 aliphatic rings. The maximum atomic E-state index is 2.98. The van der Waals surface area contributed by atoms with Crippen molar-refractivity contribution in [3.63, 3.8) is 0 Å². The van der Waals surface area contributed by atoms with Crippen LogP contribution in [-0.2, 0) is 21.7 Å². The highest BCUT2D eigenvalue weighted by molar-refractivity contribution is 7.33. The topological polar surface area (TPSA) is 6.48 Å². The lowest BCUT2D eigenvalue weighted by molar-refractivity contribution is 0.195. The van der Waals surface area contributed by atoms with Gasteiger partial charge in [0, 0.05) is 48.4 Å². The maximum absolute atomic E-state index is 2.98. The van der Waals surface area contributed by atoms with Crippen LogP contribution < -0.4 is 25.5 Å². The summed E-state index contributed by atoms with van der Waals surface area (Å²) >= 11 is 2.13. The van der Waals surface area contributed by atoms with Crippen LogP contribution in [0.4, 0.5) is 28.4 Å². The van der Waals surface area contributed by atoms with Gasteiger partial charge in [0.25, 0.3) is 6.71 Å². The van der Waals surface area contributed by atoms with Crippen molar-refractivity contribution in [2.24, 2.45) is 0 Å². The van der Waals surface area contributed by atoms with Gasteiger partial charge in [0.05, 0.1) is 11.2 Å². The maximum Gasteiger partial charge on any atom is 0.264 e. The van der Waals surface area contributed by atoms with Gasteiger partial charge in [-0.3, -0.25) is 0 Å². The van der Waals surface area contributed by atoms with E-state index in [2.05, 4.69) is 148 Å². The predicted octanol–water partition coefficient (Wildman–Crippen LogP) is 14.5. The first kappa shape index (κ1) is 38.0. The van der Waals surface area contributed by atoms with Crippen LogP contribution in [0.3, 0.4) is 0 Å². The van der Waals surface area contributed by atoms with Gasteiger partial charge in [-0.15, -0.1) is 11.3 Å². The molecule has 318 valence electrons. The van der Waals surface area contributed by atoms with Crippen LogP contribution in [0, 0.1) is 0 Å². The third-order valence-corrected chi connectivity index (χ3v) is 20.8. The molecule has 5 aromatic carbocycles. The Morgan fingerprint density at radius 3 is 2.08 bits per heavy atom. The lowest BCUT2D eigenvalue weighted by Gasteiger charge is -2.52. The van der Waals surface area contributed by atoms with E-state index in [9.17, 15) is 0 Å². The standard InChI is InChI=1S/C59H63BN2S/c1-55(2)29-30-56(3,4)46-35-50-41(34-45(46)55)52-54(63-50)60-47-22-16-21-43-53(47)62(58(6)26-13-12-25-57(43,58)5)49-32-37(36-17-8-7-9-18-36)31-48(51(49)60)61(52)38-23-24-40-39-19-10-11-20-42(39)59(44(40)33-38)27-14-15-28-59/h10-11,16,19-24,31-36H,7-9,12-15,17-18,25-30H2,1-6H3. The number of hydrogen-bond acceptors (Lipinski definition) is 3. The van der Waals surface area contributed by atoms with E-state index in [-0.39, 0.29) is 33.9 Å². The van der Waals surface area contributed by atoms with E-state index in [0.717, 1.165) is 0 Å². The summed E-state index contributed by atoms with van der Waals surface area (Å²) in [4.78, 5) is 5.84. The molecule has 2 unspecified atom stereocenters. The van der Waals surface area contributed by atoms with Crippen molar-refractivity contribution in [3.05, 3.63) is 118 Å². The summed E-state index contributed by atoms with van der Waals surface area (Å²) in [5.74, 6) is 0.609. The number of benzene rings is 5. The fourth-order valence-corrected chi connectivity index (χ4v) is 17.2. The van der Waals surface area contributed by atoms with Gasteiger partial charge in [-0.05, 0) is 167 Å². The van der Waals surface area contributed by atoms with Crippen LogP contribution >= 0.6 is 11.3 Å². The molecule has 3 fully saturated rings. The van der Waals surface area contributed by atoms with Crippen LogP contribution in [0.25, 0.3) is 21.2 Å². The molecule has 1 spiro atoms. The fourth-order valence-electron chi connectivity index (χ4n) is 15.9. The Hall–Kier alpha value is -4.28. The summed E-state index contributed by atoms with van der Waals surface area (Å²) in [5, 5.41) is 1.47. The van der Waals surface area contributed by atoms with Gasteiger partial charge < -0.3 is 9.80 Å². The number of thiophene rings is 1. The fraction of sp³-hybridized carbons (Fsp3) is 0.458. The Morgan fingerprint density at radius 2 is 1.27 bits per heavy atom. The van der Waals surface area contributed by atoms with E-state index in [1.54, 1.807) is 54.8 Å². The minimum atomic E-state index is 0.0311. The monoisotopic (exact) mass is 842 g/mol. The summed E-state index contributed by atoms with van der Waals surface area (Å²) in [5.41, 5.74) is 23.5. The third-order valence-electron chi connectivity index (χ3n) is 19.6. The van der Waals surface area contributed by atoms with E-state index < -0.39 is 0 Å². The van der Waals surface area contributed by atoms with Crippen molar-refractivity contribution in [2.45, 2.75) is 171 Å². The SMILES string of the molecule is CC1(C)CCC(C)(C)c2cc3c4c(sc3cc21)B1c2cccc3c2N(c2cc(C5CCCCC5)cc(c21)N4c1ccc2c(c1)C1(CCCC1)c1ccccc1-2)C1(C)CCCCC31C. The van der Waals surface area contributed by atoms with Crippen molar-refractivity contribution in [3.8, 4) is 11.1 Å². The smallest absolute Gasteiger partial charge is 0.264 e. The zero-order valence-electron chi connectivity index (χ0n) is 38.6. The van der Waals surface area contributed by atoms with Crippen LogP contribution in [0.5, 0.6) is 0 Å². The molecule has 1 aromatic heterocycles. The highest BCUT2D eigenvalue weighted by atomic mass is 32.1. The van der Waals surface area contributed by atoms with Crippen LogP contribution in [-0.4, -0.2) is 12.3 Å². The average molecular weight is 843 g/mol. The van der Waals surface area contributed by atoms with Crippen LogP contribution in [0.1, 0.15) is 177 Å². The second kappa shape index (κ2) is 12.5. The Kier molecular flexibility index (Phi) is 7.57. The van der Waals surface area contributed by atoms with Crippen molar-refractivity contribution < 1.29 is 0 Å². The van der Waals surface area contributed by atoms with Gasteiger partial charge in [0.15, 0.2) is 0 Å². The van der Waals surface area contributed by atoms with Gasteiger partial charge in [0.2, 0.25) is 0 Å². The van der Waals surface area contributed by atoms with Crippen LogP contribution in [0.15, 0.2) is 84.9 Å². The molecular formula is C59H63BN2S. The third kappa shape index (κ3) is 4.68. The van der Waals surface area contributed by atoms with Crippen LogP contribution in [0.2, 0.25) is 0 Å². The van der Waals surface area contributed by atoms with Crippen molar-refractivity contribution in [2.75, 3.05) is 9.80 Å². The molecule has 6 aromatic rings. The molecular weight excluding hydrogens is 780 g/mol. The number of fused-ring (bicyclic) bond motifs is 15. The highest BCUT2D eigenvalue weighted by Gasteiger charge is 2.61. The first-order chi connectivity index (χ1) is 30.4. The molecule has 0 N–H and O–H groups in total. The molecule has 0 saturated heterocycles. The molecule has 4 heterocycles. The molecule has 14 rings (SSSR count). The minimum absolute atomic E-state index is 0.0311. The molecule has 3 aliphatic heterocycles. The number of rotatable bonds is 2. The number of nitrogens with zero attached hydrogens (tertiary/aromatic N) is 2. The zero-order chi connectivity index (χ0) is 42.4. The molecule has 0 amide bonds. The summed E-state index contributed by atoms with van der Waals surface area (Å²) in [6.07, 6.45) is 19.4. The molecule has 5 aliphatic carbocycles. The Balaban J connectivity index is 1.11. The van der Waals surface area contributed by atoms with Crippen molar-refractivity contribution in [1.82, 2.24) is 0 Å². The lowest BCUT2D eigenvalue weighted by Crippen LogP contribution is -2.64. The van der Waals surface area contributed by atoms with Gasteiger partial charge in [-0.1, -0.05) is 128 Å². The molecule has 2 atom stereocenters. The summed E-state index contributed by atoms with van der Waals surface area (Å²) in [6.45, 7) is 15.6. The van der Waals surface area contributed by atoms with Gasteiger partial charge in [-0.2, -0.15) is 0 Å². The largest absolute Gasteiger partial charge is 0.335 e. The Labute approximate surface area is 380 Å². The first-order valence-electron chi connectivity index (χ1n) is 25.2. The van der Waals surface area contributed by atoms with Gasteiger partial charge in [0.1, 0.15) is 0 Å². The Bertz CT molecular complexity index is 2970. The molecule has 0 radical (unpaired) electrons. The summed E-state index contributed by atoms with van der Waals surface area (Å²) in [7, 11) is 0. The van der Waals surface area contributed by atoms with E-state index >= 15 is 0 Å². The summed E-state index contributed by atoms with van der Waals surface area (Å²) < 4.78 is 3.03. The van der Waals surface area contributed by atoms with Gasteiger partial charge >= 0.3 is 0 Å². The quantitative estimate of drug-likeness (QED) is 0.160. The van der Waals surface area contributed by atoms with E-state index in [1.807, 2.05) is 0 Å². The van der Waals surface area contributed by atoms with Crippen molar-refractivity contribution in [1.29, 1.82) is 0 Å². The minimum Gasteiger partial charge on any atom is -0.335 e. The molecule has 4 heteroatoms. The highest BCUT2D eigenvalue weighted by Crippen LogP contribution is 2.63. The van der Waals surface area contributed by atoms with Gasteiger partial charge in [-0.25, -0.2) is 0 Å². The Morgan fingerprint density at radius 1 is 0.571 bits per heavy atom. The van der Waals surface area contributed by atoms with E-state index in [0.29, 0.717) is 5.92 Å². The lowest BCUT2D eigenvalue weighted by atomic mass is 9.36. The summed E-state index contributed by atoms with van der Waals surface area (Å²) in [6, 6.07) is 35.7. The van der Waals surface area contributed by atoms with Crippen molar-refractivity contribution >= 4 is 72.3 Å². The molecule has 0 bridgehead atoms. The van der Waals surface area contributed by atoms with E-state index in [1.165, 1.54) is 140 Å². The number of para-hydroxylation sites is 1.